The number of fused-ring (bicyclic) bond motifs is 1. The topological polar surface area (TPSA) is 96.5 Å². The van der Waals surface area contributed by atoms with E-state index in [1.165, 1.54) is 7.11 Å². The Kier molecular flexibility index (Phi) is 6.77. The smallest absolute Gasteiger partial charge is 0.246 e. The number of carbonyl (C=O) groups excluding carboxylic acids is 3. The minimum atomic E-state index is -0.753. The van der Waals surface area contributed by atoms with Crippen molar-refractivity contribution in [3.8, 4) is 5.75 Å². The number of anilines is 1. The molecule has 1 heterocycles. The second-order valence-corrected chi connectivity index (χ2v) is 6.28. The van der Waals surface area contributed by atoms with Gasteiger partial charge in [0.25, 0.3) is 0 Å². The number of methoxy groups -OCH3 is 1. The molecule has 7 heteroatoms. The molecule has 0 aliphatic carbocycles. The van der Waals surface area contributed by atoms with Crippen LogP contribution in [0.2, 0.25) is 0 Å². The van der Waals surface area contributed by atoms with Crippen LogP contribution in [0.3, 0.4) is 0 Å². The summed E-state index contributed by atoms with van der Waals surface area (Å²) in [6.45, 7) is 5.52. The van der Waals surface area contributed by atoms with Crippen molar-refractivity contribution in [1.82, 2.24) is 10.6 Å². The van der Waals surface area contributed by atoms with E-state index < -0.39 is 11.9 Å². The Balaban J connectivity index is 2.28. The molecule has 7 nitrogen and oxygen atoms in total. The van der Waals surface area contributed by atoms with E-state index in [2.05, 4.69) is 22.5 Å². The minimum absolute atomic E-state index is 0.0481. The second-order valence-electron chi connectivity index (χ2n) is 6.28. The highest BCUT2D eigenvalue weighted by Crippen LogP contribution is 2.25. The van der Waals surface area contributed by atoms with E-state index in [1.807, 2.05) is 0 Å². The molecule has 0 saturated heterocycles. The number of Topliss-reactive ketones (excluding diaryl/α,β-unsaturated/α-hetero) is 1. The number of ether oxygens (including phenoxy) is 1. The summed E-state index contributed by atoms with van der Waals surface area (Å²) in [5, 5.41) is 8.28. The van der Waals surface area contributed by atoms with E-state index >= 15 is 0 Å². The normalized spacial score (nSPS) is 20.0. The molecule has 1 aliphatic heterocycles. The highest BCUT2D eigenvalue weighted by Gasteiger charge is 2.20. The van der Waals surface area contributed by atoms with Crippen LogP contribution in [0.4, 0.5) is 5.69 Å². The molecule has 3 N–H and O–H groups in total. The molecule has 0 saturated carbocycles. The number of carbonyl (C=O) groups is 3. The monoisotopic (exact) mass is 359 g/mol. The lowest BCUT2D eigenvalue weighted by molar-refractivity contribution is -0.125. The van der Waals surface area contributed by atoms with Gasteiger partial charge in [-0.15, -0.1) is 0 Å². The third-order valence-electron chi connectivity index (χ3n) is 4.19. The lowest BCUT2D eigenvalue weighted by Crippen LogP contribution is -2.45. The summed E-state index contributed by atoms with van der Waals surface area (Å²) >= 11 is 0. The van der Waals surface area contributed by atoms with Gasteiger partial charge in [0.2, 0.25) is 11.8 Å². The zero-order valence-electron chi connectivity index (χ0n) is 15.2. The second kappa shape index (κ2) is 9.03. The molecule has 26 heavy (non-hydrogen) atoms. The van der Waals surface area contributed by atoms with Gasteiger partial charge in [-0.1, -0.05) is 6.58 Å². The predicted octanol–water partition coefficient (Wildman–Crippen LogP) is 2.00. The van der Waals surface area contributed by atoms with Crippen molar-refractivity contribution in [2.24, 2.45) is 0 Å². The number of hydrogen-bond acceptors (Lipinski definition) is 5. The predicted molar refractivity (Wildman–Crippen MR) is 99.2 cm³/mol. The molecule has 0 fully saturated rings. The van der Waals surface area contributed by atoms with Gasteiger partial charge in [-0.3, -0.25) is 14.4 Å². The van der Waals surface area contributed by atoms with E-state index in [9.17, 15) is 14.4 Å². The molecule has 2 rings (SSSR count). The van der Waals surface area contributed by atoms with Gasteiger partial charge in [0, 0.05) is 23.7 Å². The van der Waals surface area contributed by atoms with E-state index in [-0.39, 0.29) is 18.2 Å². The first kappa shape index (κ1) is 19.5. The largest absolute Gasteiger partial charge is 0.497 e. The van der Waals surface area contributed by atoms with E-state index in [0.29, 0.717) is 36.3 Å². The van der Waals surface area contributed by atoms with Crippen LogP contribution in [-0.2, 0) is 9.59 Å². The number of amides is 2. The fraction of sp³-hybridized carbons (Fsp3) is 0.421. The average Bonchev–Trinajstić information content (AvgIpc) is 2.62. The maximum Gasteiger partial charge on any atom is 0.246 e. The molecule has 0 spiro atoms. The van der Waals surface area contributed by atoms with Gasteiger partial charge in [0.05, 0.1) is 19.3 Å². The van der Waals surface area contributed by atoms with Crippen molar-refractivity contribution in [3.63, 3.8) is 0 Å². The van der Waals surface area contributed by atoms with Crippen molar-refractivity contribution in [3.05, 3.63) is 36.0 Å². The van der Waals surface area contributed by atoms with E-state index in [4.69, 9.17) is 4.74 Å². The van der Waals surface area contributed by atoms with Crippen LogP contribution in [0.15, 0.2) is 30.5 Å². The van der Waals surface area contributed by atoms with Crippen molar-refractivity contribution in [2.75, 3.05) is 19.0 Å². The van der Waals surface area contributed by atoms with Gasteiger partial charge in [0.1, 0.15) is 11.8 Å². The van der Waals surface area contributed by atoms with Gasteiger partial charge in [-0.05, 0) is 38.3 Å². The van der Waals surface area contributed by atoms with Crippen molar-refractivity contribution >= 4 is 23.3 Å². The third-order valence-corrected chi connectivity index (χ3v) is 4.19. The first-order chi connectivity index (χ1) is 12.4. The van der Waals surface area contributed by atoms with Crippen LogP contribution >= 0.6 is 0 Å². The van der Waals surface area contributed by atoms with Gasteiger partial charge in [-0.2, -0.15) is 0 Å². The standard InChI is InChI=1S/C19H25N3O4/c1-12-6-4-5-7-17(23)15-9-8-14(26-3)10-16(15)22-19(25)13(2)21-18(24)11-20-12/h8-10,13,20H,1,4-7,11H2,2-3H3,(H,21,24)(H,22,25)/t13-/m1/s1. The van der Waals surface area contributed by atoms with Crippen LogP contribution in [0.25, 0.3) is 0 Å². The molecule has 140 valence electrons. The lowest BCUT2D eigenvalue weighted by atomic mass is 10.0. The molecule has 1 aromatic carbocycles. The average molecular weight is 359 g/mol. The molecular weight excluding hydrogens is 334 g/mol. The van der Waals surface area contributed by atoms with Gasteiger partial charge in [0.15, 0.2) is 5.78 Å². The highest BCUT2D eigenvalue weighted by atomic mass is 16.5. The molecule has 0 aromatic heterocycles. The van der Waals surface area contributed by atoms with Crippen molar-refractivity contribution in [1.29, 1.82) is 0 Å². The SMILES string of the molecule is C=C1CCCCC(=O)c2ccc(OC)cc2NC(=O)[C@@H](C)NC(=O)CN1. The summed E-state index contributed by atoms with van der Waals surface area (Å²) in [6, 6.07) is 4.20. The molecule has 1 atom stereocenters. The number of nitrogens with one attached hydrogen (secondary N) is 3. The molecule has 1 aromatic rings. The Morgan fingerprint density at radius 1 is 1.15 bits per heavy atom. The van der Waals surface area contributed by atoms with Crippen LogP contribution in [0, 0.1) is 0 Å². The lowest BCUT2D eigenvalue weighted by Gasteiger charge is -2.17. The fourth-order valence-electron chi connectivity index (χ4n) is 2.65. The molecule has 2 amide bonds. The summed E-state index contributed by atoms with van der Waals surface area (Å²) in [4.78, 5) is 36.9. The number of hydrogen-bond donors (Lipinski definition) is 3. The minimum Gasteiger partial charge on any atom is -0.497 e. The summed E-state index contributed by atoms with van der Waals surface area (Å²) in [5.74, 6) is -0.222. The Hall–Kier alpha value is -2.83. The Labute approximate surface area is 153 Å². The van der Waals surface area contributed by atoms with Crippen molar-refractivity contribution < 1.29 is 19.1 Å². The zero-order chi connectivity index (χ0) is 19.1. The Morgan fingerprint density at radius 2 is 1.88 bits per heavy atom. The highest BCUT2D eigenvalue weighted by molar-refractivity contribution is 6.06. The van der Waals surface area contributed by atoms with E-state index in [0.717, 1.165) is 12.1 Å². The van der Waals surface area contributed by atoms with Crippen molar-refractivity contribution in [2.45, 2.75) is 38.6 Å². The van der Waals surface area contributed by atoms with Crippen LogP contribution in [0.5, 0.6) is 5.75 Å². The molecular formula is C19H25N3O4. The number of allylic oxidation sites excluding steroid dienone is 1. The summed E-state index contributed by atoms with van der Waals surface area (Å²) in [6.07, 6.45) is 2.53. The Morgan fingerprint density at radius 3 is 2.62 bits per heavy atom. The van der Waals surface area contributed by atoms with E-state index in [1.54, 1.807) is 25.1 Å². The van der Waals surface area contributed by atoms with Crippen LogP contribution in [-0.4, -0.2) is 37.3 Å². The third kappa shape index (κ3) is 5.34. The summed E-state index contributed by atoms with van der Waals surface area (Å²) in [7, 11) is 1.51. The maximum absolute atomic E-state index is 12.6. The quantitative estimate of drug-likeness (QED) is 0.713. The maximum atomic E-state index is 12.6. The molecule has 1 aliphatic rings. The number of rotatable bonds is 1. The zero-order valence-corrected chi connectivity index (χ0v) is 15.2. The van der Waals surface area contributed by atoms with Gasteiger partial charge < -0.3 is 20.7 Å². The van der Waals surface area contributed by atoms with Crippen LogP contribution < -0.4 is 20.7 Å². The summed E-state index contributed by atoms with van der Waals surface area (Å²) in [5.41, 5.74) is 1.56. The summed E-state index contributed by atoms with van der Waals surface area (Å²) < 4.78 is 5.18. The number of ketones is 1. The van der Waals surface area contributed by atoms with Gasteiger partial charge >= 0.3 is 0 Å². The fourth-order valence-corrected chi connectivity index (χ4v) is 2.65. The Bertz CT molecular complexity index is 715. The number of benzene rings is 1. The first-order valence-electron chi connectivity index (χ1n) is 8.64. The molecule has 0 unspecified atom stereocenters. The molecule has 0 radical (unpaired) electrons. The van der Waals surface area contributed by atoms with Gasteiger partial charge in [-0.25, -0.2) is 0 Å². The molecule has 0 bridgehead atoms. The van der Waals surface area contributed by atoms with Crippen LogP contribution in [0.1, 0.15) is 43.0 Å². The first-order valence-corrected chi connectivity index (χ1v) is 8.64.